The molecule has 2 amide bonds. The Morgan fingerprint density at radius 2 is 1.85 bits per heavy atom. The van der Waals surface area contributed by atoms with E-state index in [0.717, 1.165) is 11.9 Å². The molecule has 0 aliphatic rings. The normalized spacial score (nSPS) is 12.1. The number of carbonyl (C=O) groups excluding carboxylic acids is 2. The lowest BCUT2D eigenvalue weighted by atomic mass is 10.1. The van der Waals surface area contributed by atoms with Crippen LogP contribution in [0.1, 0.15) is 32.1 Å². The number of furan rings is 1. The number of nitrogens with zero attached hydrogens (tertiary/aromatic N) is 4. The minimum absolute atomic E-state index is 0.111. The Kier molecular flexibility index (Phi) is 7.27. The van der Waals surface area contributed by atoms with E-state index in [2.05, 4.69) is 29.5 Å². The largest absolute Gasteiger partial charge is 0.467 e. The lowest BCUT2D eigenvalue weighted by molar-refractivity contribution is -0.127. The zero-order valence-electron chi connectivity index (χ0n) is 19.0. The lowest BCUT2D eigenvalue weighted by Crippen LogP contribution is -2.45. The van der Waals surface area contributed by atoms with Crippen LogP contribution in [0.2, 0.25) is 5.02 Å². The van der Waals surface area contributed by atoms with Crippen LogP contribution in [-0.2, 0) is 16.1 Å². The van der Waals surface area contributed by atoms with Gasteiger partial charge in [-0.05, 0) is 60.9 Å². The predicted molar refractivity (Wildman–Crippen MR) is 130 cm³/mol. The Bertz CT molecular complexity index is 1250. The van der Waals surface area contributed by atoms with Gasteiger partial charge in [0.15, 0.2) is 6.04 Å². The van der Waals surface area contributed by atoms with Gasteiger partial charge in [-0.15, -0.1) is 5.10 Å². The Balaban J connectivity index is 1.71. The van der Waals surface area contributed by atoms with E-state index < -0.39 is 6.04 Å². The second-order valence-electron chi connectivity index (χ2n) is 8.37. The third-order valence-corrected chi connectivity index (χ3v) is 5.67. The van der Waals surface area contributed by atoms with Crippen molar-refractivity contribution in [2.24, 2.45) is 5.92 Å². The maximum atomic E-state index is 13.7. The Hall–Kier alpha value is -3.65. The van der Waals surface area contributed by atoms with Gasteiger partial charge in [-0.2, -0.15) is 0 Å². The highest BCUT2D eigenvalue weighted by Crippen LogP contribution is 2.30. The van der Waals surface area contributed by atoms with E-state index in [4.69, 9.17) is 16.0 Å². The number of aromatic nitrogens is 3. The average Bonchev–Trinajstić information content (AvgIpc) is 3.48. The fourth-order valence-electron chi connectivity index (χ4n) is 3.68. The minimum atomic E-state index is -1.01. The van der Waals surface area contributed by atoms with Crippen LogP contribution in [0, 0.1) is 5.92 Å². The molecule has 2 aromatic carbocycles. The van der Waals surface area contributed by atoms with E-state index in [9.17, 15) is 9.59 Å². The molecule has 8 nitrogen and oxygen atoms in total. The van der Waals surface area contributed by atoms with Crippen LogP contribution >= 0.6 is 11.6 Å². The van der Waals surface area contributed by atoms with Crippen LogP contribution in [0.15, 0.2) is 71.3 Å². The van der Waals surface area contributed by atoms with Crippen molar-refractivity contribution >= 4 is 40.1 Å². The molecule has 1 N–H and O–H groups in total. The molecular weight excluding hydrogens is 454 g/mol. The van der Waals surface area contributed by atoms with Gasteiger partial charge in [0, 0.05) is 17.3 Å². The molecule has 0 saturated heterocycles. The SMILES string of the molecule is CC(C)CCNC(=O)[C@@H](c1ccco1)N(C(=O)Cn1nnc2ccccc21)c1ccc(Cl)cc1. The first kappa shape index (κ1) is 23.5. The number of fused-ring (bicyclic) bond motifs is 1. The molecule has 9 heteroatoms. The van der Waals surface area contributed by atoms with Crippen LogP contribution in [0.3, 0.4) is 0 Å². The number of benzene rings is 2. The van der Waals surface area contributed by atoms with Gasteiger partial charge in [-0.1, -0.05) is 42.8 Å². The number of amides is 2. The Labute approximate surface area is 202 Å². The molecule has 2 aromatic heterocycles. The van der Waals surface area contributed by atoms with Crippen LogP contribution in [0.25, 0.3) is 11.0 Å². The summed E-state index contributed by atoms with van der Waals surface area (Å²) < 4.78 is 7.13. The lowest BCUT2D eigenvalue weighted by Gasteiger charge is -2.30. The van der Waals surface area contributed by atoms with E-state index in [0.29, 0.717) is 34.4 Å². The highest BCUT2D eigenvalue weighted by Gasteiger charge is 2.35. The van der Waals surface area contributed by atoms with Crippen LogP contribution in [-0.4, -0.2) is 33.4 Å². The molecule has 2 heterocycles. The van der Waals surface area contributed by atoms with Gasteiger partial charge in [0.2, 0.25) is 5.91 Å². The number of anilines is 1. The molecule has 0 aliphatic heterocycles. The van der Waals surface area contributed by atoms with Crippen molar-refractivity contribution in [3.05, 3.63) is 77.7 Å². The highest BCUT2D eigenvalue weighted by atomic mass is 35.5. The molecular formula is C25H26ClN5O3. The number of rotatable bonds is 9. The number of hydrogen-bond acceptors (Lipinski definition) is 5. The molecule has 0 radical (unpaired) electrons. The monoisotopic (exact) mass is 479 g/mol. The zero-order chi connectivity index (χ0) is 24.1. The molecule has 0 aliphatic carbocycles. The van der Waals surface area contributed by atoms with Crippen LogP contribution in [0.5, 0.6) is 0 Å². The summed E-state index contributed by atoms with van der Waals surface area (Å²) in [7, 11) is 0. The molecule has 1 atom stereocenters. The molecule has 0 fully saturated rings. The van der Waals surface area contributed by atoms with Crippen molar-refractivity contribution in [3.63, 3.8) is 0 Å². The Morgan fingerprint density at radius 1 is 1.09 bits per heavy atom. The third kappa shape index (κ3) is 5.28. The maximum absolute atomic E-state index is 13.7. The summed E-state index contributed by atoms with van der Waals surface area (Å²) in [6.45, 7) is 4.55. The molecule has 0 bridgehead atoms. The van der Waals surface area contributed by atoms with Gasteiger partial charge in [0.25, 0.3) is 5.91 Å². The summed E-state index contributed by atoms with van der Waals surface area (Å²) >= 11 is 6.09. The number of hydrogen-bond donors (Lipinski definition) is 1. The van der Waals surface area contributed by atoms with E-state index in [-0.39, 0.29) is 18.4 Å². The summed E-state index contributed by atoms with van der Waals surface area (Å²) in [4.78, 5) is 28.6. The van der Waals surface area contributed by atoms with Gasteiger partial charge in [0.1, 0.15) is 17.8 Å². The zero-order valence-corrected chi connectivity index (χ0v) is 19.8. The van der Waals surface area contributed by atoms with Crippen LogP contribution in [0.4, 0.5) is 5.69 Å². The Morgan fingerprint density at radius 3 is 2.56 bits per heavy atom. The van der Waals surface area contributed by atoms with E-state index in [1.54, 1.807) is 36.4 Å². The van der Waals surface area contributed by atoms with Crippen molar-refractivity contribution in [2.75, 3.05) is 11.4 Å². The smallest absolute Gasteiger partial charge is 0.251 e. The summed E-state index contributed by atoms with van der Waals surface area (Å²) in [5.41, 5.74) is 1.92. The van der Waals surface area contributed by atoms with Crippen molar-refractivity contribution in [1.82, 2.24) is 20.3 Å². The quantitative estimate of drug-likeness (QED) is 0.378. The van der Waals surface area contributed by atoms with E-state index >= 15 is 0 Å². The first-order chi connectivity index (χ1) is 16.4. The summed E-state index contributed by atoms with van der Waals surface area (Å²) in [5, 5.41) is 11.7. The number of para-hydroxylation sites is 1. The fourth-order valence-corrected chi connectivity index (χ4v) is 3.80. The molecule has 4 aromatic rings. The van der Waals surface area contributed by atoms with E-state index in [1.807, 2.05) is 24.3 Å². The second kappa shape index (κ2) is 10.5. The minimum Gasteiger partial charge on any atom is -0.467 e. The molecule has 0 saturated carbocycles. The summed E-state index contributed by atoms with van der Waals surface area (Å²) in [5.74, 6) is 0.103. The molecule has 0 unspecified atom stereocenters. The maximum Gasteiger partial charge on any atom is 0.251 e. The van der Waals surface area contributed by atoms with Crippen molar-refractivity contribution in [3.8, 4) is 0 Å². The fraction of sp³-hybridized carbons (Fsp3) is 0.280. The van der Waals surface area contributed by atoms with Gasteiger partial charge in [0.05, 0.1) is 11.8 Å². The first-order valence-electron chi connectivity index (χ1n) is 11.1. The third-order valence-electron chi connectivity index (χ3n) is 5.42. The summed E-state index contributed by atoms with van der Waals surface area (Å²) in [6, 6.07) is 16.5. The van der Waals surface area contributed by atoms with Gasteiger partial charge >= 0.3 is 0 Å². The van der Waals surface area contributed by atoms with E-state index in [1.165, 1.54) is 15.8 Å². The van der Waals surface area contributed by atoms with Crippen molar-refractivity contribution < 1.29 is 14.0 Å². The van der Waals surface area contributed by atoms with Gasteiger partial charge in [-0.3, -0.25) is 14.5 Å². The predicted octanol–water partition coefficient (Wildman–Crippen LogP) is 4.61. The highest BCUT2D eigenvalue weighted by molar-refractivity contribution is 6.30. The van der Waals surface area contributed by atoms with Crippen molar-refractivity contribution in [2.45, 2.75) is 32.9 Å². The van der Waals surface area contributed by atoms with Crippen LogP contribution < -0.4 is 10.2 Å². The number of halogens is 1. The topological polar surface area (TPSA) is 93.3 Å². The average molecular weight is 480 g/mol. The van der Waals surface area contributed by atoms with Gasteiger partial charge in [-0.25, -0.2) is 4.68 Å². The first-order valence-corrected chi connectivity index (χ1v) is 11.5. The second-order valence-corrected chi connectivity index (χ2v) is 8.80. The number of nitrogens with one attached hydrogen (secondary N) is 1. The van der Waals surface area contributed by atoms with Gasteiger partial charge < -0.3 is 9.73 Å². The molecule has 176 valence electrons. The molecule has 4 rings (SSSR count). The molecule has 34 heavy (non-hydrogen) atoms. The number of carbonyl (C=O) groups is 2. The standard InChI is InChI=1S/C25H26ClN5O3/c1-17(2)13-14-27-25(33)24(22-8-5-15-34-22)31(19-11-9-18(26)10-12-19)23(32)16-30-21-7-4-3-6-20(21)28-29-30/h3-12,15,17,24H,13-14,16H2,1-2H3,(H,27,33)/t24-/m1/s1. The molecule has 0 spiro atoms. The van der Waals surface area contributed by atoms with Crippen molar-refractivity contribution in [1.29, 1.82) is 0 Å². The summed E-state index contributed by atoms with van der Waals surface area (Å²) in [6.07, 6.45) is 2.30.